The molecule has 0 aromatic carbocycles. The van der Waals surface area contributed by atoms with Gasteiger partial charge in [0, 0.05) is 0 Å². The molecule has 0 aliphatic rings. The van der Waals surface area contributed by atoms with E-state index in [-0.39, 0.29) is 6.10 Å². The first-order chi connectivity index (χ1) is 6.20. The molecule has 0 spiro atoms. The van der Waals surface area contributed by atoms with Crippen LogP contribution in [0.1, 0.15) is 52.4 Å². The maximum absolute atomic E-state index is 10.1. The van der Waals surface area contributed by atoms with Crippen LogP contribution in [0.3, 0.4) is 0 Å². The van der Waals surface area contributed by atoms with Crippen molar-refractivity contribution in [3.8, 4) is 0 Å². The van der Waals surface area contributed by atoms with E-state index in [1.54, 1.807) is 0 Å². The van der Waals surface area contributed by atoms with Crippen LogP contribution >= 0.6 is 0 Å². The molecule has 78 valence electrons. The molecule has 0 bridgehead atoms. The maximum Gasteiger partial charge on any atom is 0.294 e. The summed E-state index contributed by atoms with van der Waals surface area (Å²) in [6.45, 7) is 4.14. The first-order valence-electron chi connectivity index (χ1n) is 5.01. The molecule has 0 amide bonds. The molecule has 4 heteroatoms. The Morgan fingerprint density at radius 1 is 1.23 bits per heavy atom. The van der Waals surface area contributed by atoms with Gasteiger partial charge in [-0.3, -0.25) is 0 Å². The molecule has 0 aliphatic heterocycles. The van der Waals surface area contributed by atoms with Crippen LogP contribution < -0.4 is 0 Å². The van der Waals surface area contributed by atoms with Gasteiger partial charge < -0.3 is 4.84 Å². The standard InChI is InChI=1S/C9H19NO3/c1-3-5-7-9(8-6-4-2)13-10(11)12/h9H,3-8H2,1-2H3. The minimum absolute atomic E-state index is 0.185. The van der Waals surface area contributed by atoms with Crippen molar-refractivity contribution in [2.75, 3.05) is 0 Å². The zero-order chi connectivity index (χ0) is 10.1. The summed E-state index contributed by atoms with van der Waals surface area (Å²) >= 11 is 0. The molecule has 0 atom stereocenters. The Balaban J connectivity index is 3.66. The van der Waals surface area contributed by atoms with Gasteiger partial charge in [0.25, 0.3) is 5.09 Å². The normalized spacial score (nSPS) is 10.4. The van der Waals surface area contributed by atoms with Crippen LogP contribution in [0.4, 0.5) is 0 Å². The van der Waals surface area contributed by atoms with Crippen molar-refractivity contribution >= 4 is 0 Å². The number of rotatable bonds is 8. The topological polar surface area (TPSA) is 52.4 Å². The van der Waals surface area contributed by atoms with Gasteiger partial charge >= 0.3 is 0 Å². The molecular weight excluding hydrogens is 170 g/mol. The molecule has 0 saturated heterocycles. The third kappa shape index (κ3) is 7.56. The molecule has 0 rings (SSSR count). The van der Waals surface area contributed by atoms with Crippen molar-refractivity contribution in [1.82, 2.24) is 0 Å². The molecule has 0 aromatic rings. The van der Waals surface area contributed by atoms with Crippen LogP contribution in [0.15, 0.2) is 0 Å². The van der Waals surface area contributed by atoms with E-state index in [2.05, 4.69) is 18.7 Å². The van der Waals surface area contributed by atoms with E-state index in [0.717, 1.165) is 38.5 Å². The zero-order valence-electron chi connectivity index (χ0n) is 8.49. The van der Waals surface area contributed by atoms with Crippen LogP contribution in [0.2, 0.25) is 0 Å². The fraction of sp³-hybridized carbons (Fsp3) is 1.00. The third-order valence-corrected chi connectivity index (χ3v) is 1.99. The molecule has 0 aliphatic carbocycles. The average molecular weight is 189 g/mol. The fourth-order valence-electron chi connectivity index (χ4n) is 1.24. The van der Waals surface area contributed by atoms with Crippen LogP contribution in [0.25, 0.3) is 0 Å². The molecule has 0 heterocycles. The highest BCUT2D eigenvalue weighted by Crippen LogP contribution is 2.12. The second-order valence-electron chi connectivity index (χ2n) is 3.24. The summed E-state index contributed by atoms with van der Waals surface area (Å²) in [5, 5.41) is 9.45. The van der Waals surface area contributed by atoms with Crippen molar-refractivity contribution < 1.29 is 9.92 Å². The first kappa shape index (κ1) is 12.2. The predicted molar refractivity (Wildman–Crippen MR) is 50.9 cm³/mol. The van der Waals surface area contributed by atoms with Crippen molar-refractivity contribution in [3.63, 3.8) is 0 Å². The van der Waals surface area contributed by atoms with Gasteiger partial charge in [-0.25, -0.2) is 0 Å². The van der Waals surface area contributed by atoms with E-state index in [1.165, 1.54) is 0 Å². The number of unbranched alkanes of at least 4 members (excludes halogenated alkanes) is 2. The lowest BCUT2D eigenvalue weighted by atomic mass is 10.1. The Morgan fingerprint density at radius 2 is 1.69 bits per heavy atom. The third-order valence-electron chi connectivity index (χ3n) is 1.99. The van der Waals surface area contributed by atoms with Gasteiger partial charge in [-0.2, -0.15) is 0 Å². The predicted octanol–water partition coefficient (Wildman–Crippen LogP) is 2.94. The largest absolute Gasteiger partial charge is 0.311 e. The summed E-state index contributed by atoms with van der Waals surface area (Å²) in [7, 11) is 0. The number of nitrogens with zero attached hydrogens (tertiary/aromatic N) is 1. The van der Waals surface area contributed by atoms with Gasteiger partial charge in [0.15, 0.2) is 0 Å². The molecule has 0 N–H and O–H groups in total. The van der Waals surface area contributed by atoms with Crippen LogP contribution in [0.5, 0.6) is 0 Å². The molecule has 4 nitrogen and oxygen atoms in total. The molecular formula is C9H19NO3. The lowest BCUT2D eigenvalue weighted by molar-refractivity contribution is -0.769. The van der Waals surface area contributed by atoms with Crippen molar-refractivity contribution in [2.24, 2.45) is 0 Å². The van der Waals surface area contributed by atoms with Crippen molar-refractivity contribution in [1.29, 1.82) is 0 Å². The summed E-state index contributed by atoms with van der Waals surface area (Å²) in [6.07, 6.45) is 5.54. The van der Waals surface area contributed by atoms with Gasteiger partial charge in [-0.15, -0.1) is 10.1 Å². The van der Waals surface area contributed by atoms with Crippen molar-refractivity contribution in [2.45, 2.75) is 58.5 Å². The second kappa shape index (κ2) is 7.83. The minimum atomic E-state index is -0.671. The Bertz CT molecular complexity index is 131. The SMILES string of the molecule is CCCCC(CCCC)O[N+](=O)[O-]. The molecule has 13 heavy (non-hydrogen) atoms. The lowest BCUT2D eigenvalue weighted by Crippen LogP contribution is -2.17. The van der Waals surface area contributed by atoms with Gasteiger partial charge in [0.2, 0.25) is 0 Å². The van der Waals surface area contributed by atoms with Crippen molar-refractivity contribution in [3.05, 3.63) is 10.1 Å². The van der Waals surface area contributed by atoms with Gasteiger partial charge in [-0.05, 0) is 12.8 Å². The smallest absolute Gasteiger partial charge is 0.294 e. The Morgan fingerprint density at radius 3 is 2.00 bits per heavy atom. The highest BCUT2D eigenvalue weighted by molar-refractivity contribution is 4.55. The molecule has 0 unspecified atom stereocenters. The van der Waals surface area contributed by atoms with E-state index in [1.807, 2.05) is 0 Å². The molecule has 0 saturated carbocycles. The van der Waals surface area contributed by atoms with Gasteiger partial charge in [0.05, 0.1) is 0 Å². The van der Waals surface area contributed by atoms with E-state index >= 15 is 0 Å². The van der Waals surface area contributed by atoms with E-state index in [0.29, 0.717) is 0 Å². The summed E-state index contributed by atoms with van der Waals surface area (Å²) in [4.78, 5) is 14.7. The molecule has 0 radical (unpaired) electrons. The highest BCUT2D eigenvalue weighted by Gasteiger charge is 2.11. The summed E-state index contributed by atoms with van der Waals surface area (Å²) < 4.78 is 0. The van der Waals surface area contributed by atoms with Gasteiger partial charge in [0.1, 0.15) is 6.10 Å². The number of hydrogen-bond acceptors (Lipinski definition) is 3. The van der Waals surface area contributed by atoms with E-state index in [9.17, 15) is 10.1 Å². The monoisotopic (exact) mass is 189 g/mol. The van der Waals surface area contributed by atoms with Crippen LogP contribution in [-0.4, -0.2) is 11.2 Å². The first-order valence-corrected chi connectivity index (χ1v) is 5.01. The second-order valence-corrected chi connectivity index (χ2v) is 3.24. The Kier molecular flexibility index (Phi) is 7.35. The fourth-order valence-corrected chi connectivity index (χ4v) is 1.24. The Labute approximate surface area is 79.4 Å². The zero-order valence-corrected chi connectivity index (χ0v) is 8.49. The van der Waals surface area contributed by atoms with Crippen LogP contribution in [0, 0.1) is 10.1 Å². The van der Waals surface area contributed by atoms with E-state index < -0.39 is 5.09 Å². The summed E-state index contributed by atoms with van der Waals surface area (Å²) in [5.41, 5.74) is 0. The van der Waals surface area contributed by atoms with Gasteiger partial charge in [-0.1, -0.05) is 39.5 Å². The lowest BCUT2D eigenvalue weighted by Gasteiger charge is -2.13. The van der Waals surface area contributed by atoms with Crippen LogP contribution in [-0.2, 0) is 4.84 Å². The summed E-state index contributed by atoms with van der Waals surface area (Å²) in [5.74, 6) is 0. The highest BCUT2D eigenvalue weighted by atomic mass is 17.0. The maximum atomic E-state index is 10.1. The Hall–Kier alpha value is -0.800. The summed E-state index contributed by atoms with van der Waals surface area (Å²) in [6, 6.07) is 0. The minimum Gasteiger partial charge on any atom is -0.311 e. The number of hydrogen-bond donors (Lipinski definition) is 0. The average Bonchev–Trinajstić information content (AvgIpc) is 2.09. The molecule has 0 fully saturated rings. The van der Waals surface area contributed by atoms with E-state index in [4.69, 9.17) is 0 Å². The molecule has 0 aromatic heterocycles. The quantitative estimate of drug-likeness (QED) is 0.435.